The van der Waals surface area contributed by atoms with Gasteiger partial charge in [-0.25, -0.2) is 9.78 Å². The van der Waals surface area contributed by atoms with Gasteiger partial charge in [-0.1, -0.05) is 24.3 Å². The minimum Gasteiger partial charge on any atom is -0.457 e. The van der Waals surface area contributed by atoms with Crippen LogP contribution in [-0.4, -0.2) is 45.6 Å². The third-order valence-corrected chi connectivity index (χ3v) is 8.06. The van der Waals surface area contributed by atoms with E-state index in [1.54, 1.807) is 12.1 Å². The molecule has 3 aromatic carbocycles. The van der Waals surface area contributed by atoms with Gasteiger partial charge < -0.3 is 14.5 Å². The Bertz CT molecular complexity index is 1390. The number of aryl methyl sites for hydroxylation is 2. The molecule has 42 heavy (non-hydrogen) atoms. The summed E-state index contributed by atoms with van der Waals surface area (Å²) < 4.78 is 86.9. The van der Waals surface area contributed by atoms with Crippen molar-refractivity contribution in [2.75, 3.05) is 43.1 Å². The lowest BCUT2D eigenvalue weighted by Gasteiger charge is -2.37. The highest BCUT2D eigenvalue weighted by Gasteiger charge is 2.38. The first kappa shape index (κ1) is 28.7. The average molecular weight is 593 g/mol. The molecule has 0 unspecified atom stereocenters. The topological polar surface area (TPSA) is 34.2 Å². The Morgan fingerprint density at radius 1 is 0.786 bits per heavy atom. The molecule has 0 aromatic heterocycles. The van der Waals surface area contributed by atoms with E-state index in [4.69, 9.17) is 14.5 Å². The minimum absolute atomic E-state index is 0.209. The van der Waals surface area contributed by atoms with Crippen LogP contribution in [0.25, 0.3) is 0 Å². The zero-order chi connectivity index (χ0) is 29.6. The molecule has 3 aromatic rings. The molecule has 3 heterocycles. The summed E-state index contributed by atoms with van der Waals surface area (Å²) in [6.45, 7) is -1.39. The van der Waals surface area contributed by atoms with Gasteiger partial charge in [-0.3, -0.25) is 0 Å². The zero-order valence-electron chi connectivity index (χ0n) is 22.9. The van der Waals surface area contributed by atoms with Gasteiger partial charge >= 0.3 is 12.4 Å². The van der Waals surface area contributed by atoms with Crippen molar-refractivity contribution in [1.29, 1.82) is 0 Å². The van der Waals surface area contributed by atoms with E-state index >= 15 is 0 Å². The third-order valence-electron chi connectivity index (χ3n) is 8.06. The molecular formula is C31H30F6N2O3. The monoisotopic (exact) mass is 592 g/mol. The number of anilines is 2. The fourth-order valence-electron chi connectivity index (χ4n) is 6.44. The van der Waals surface area contributed by atoms with Crippen LogP contribution in [0.5, 0.6) is 11.5 Å². The van der Waals surface area contributed by atoms with E-state index in [1.165, 1.54) is 16.9 Å². The molecule has 3 aliphatic heterocycles. The minimum atomic E-state index is -4.37. The number of halogens is 6. The highest BCUT2D eigenvalue weighted by molar-refractivity contribution is 5.71. The molecule has 0 bridgehead atoms. The van der Waals surface area contributed by atoms with Crippen LogP contribution >= 0.6 is 0 Å². The van der Waals surface area contributed by atoms with E-state index in [9.17, 15) is 26.3 Å². The van der Waals surface area contributed by atoms with E-state index in [2.05, 4.69) is 0 Å². The molecule has 5 nitrogen and oxygen atoms in total. The summed E-state index contributed by atoms with van der Waals surface area (Å²) in [5, 5.41) is 0. The second-order valence-corrected chi connectivity index (χ2v) is 11.0. The second kappa shape index (κ2) is 11.0. The van der Waals surface area contributed by atoms with E-state index in [0.29, 0.717) is 48.6 Å². The molecule has 0 radical (unpaired) electrons. The van der Waals surface area contributed by atoms with Gasteiger partial charge in [0.2, 0.25) is 0 Å². The standard InChI is InChI=1S/C31H30F6N2O3/c1-40-41-16-19-5-2-6-22(11-19)29-23-12-20-7-3-9-38(17-30(32,33)34)25(20)14-27(23)42-28-15-26-21(13-24(28)29)8-4-10-39(26)18-31(35,36)37/h2,5-6,11-15,29H,3-4,7-10,16-18H2,1H3. The average Bonchev–Trinajstić information content (AvgIpc) is 2.92. The van der Waals surface area contributed by atoms with Gasteiger partial charge in [0.25, 0.3) is 0 Å². The van der Waals surface area contributed by atoms with Gasteiger partial charge in [0.15, 0.2) is 0 Å². The fraction of sp³-hybridized carbons (Fsp3) is 0.419. The highest BCUT2D eigenvalue weighted by Crippen LogP contribution is 2.52. The zero-order valence-corrected chi connectivity index (χ0v) is 22.9. The van der Waals surface area contributed by atoms with Crippen LogP contribution < -0.4 is 14.5 Å². The van der Waals surface area contributed by atoms with Gasteiger partial charge in [-0.15, -0.1) is 0 Å². The van der Waals surface area contributed by atoms with Crippen LogP contribution in [0.15, 0.2) is 48.5 Å². The van der Waals surface area contributed by atoms with Crippen molar-refractivity contribution in [2.45, 2.75) is 50.6 Å². The third kappa shape index (κ3) is 5.89. The molecule has 0 saturated carbocycles. The number of hydrogen-bond donors (Lipinski definition) is 0. The van der Waals surface area contributed by atoms with Crippen LogP contribution in [-0.2, 0) is 29.2 Å². The summed E-state index contributed by atoms with van der Waals surface area (Å²) in [6, 6.07) is 14.9. The molecular weight excluding hydrogens is 562 g/mol. The molecule has 0 N–H and O–H groups in total. The van der Waals surface area contributed by atoms with Crippen LogP contribution in [0.3, 0.4) is 0 Å². The molecule has 0 amide bonds. The Labute approximate surface area is 239 Å². The summed E-state index contributed by atoms with van der Waals surface area (Å²) in [7, 11) is 1.42. The lowest BCUT2D eigenvalue weighted by Crippen LogP contribution is -2.38. The van der Waals surface area contributed by atoms with E-state index in [1.807, 2.05) is 36.4 Å². The maximum absolute atomic E-state index is 13.4. The summed E-state index contributed by atoms with van der Waals surface area (Å²) in [5.74, 6) is 0.451. The molecule has 6 rings (SSSR count). The number of hydrogen-bond acceptors (Lipinski definition) is 5. The van der Waals surface area contributed by atoms with Crippen molar-refractivity contribution in [1.82, 2.24) is 0 Å². The summed E-state index contributed by atoms with van der Waals surface area (Å²) >= 11 is 0. The van der Waals surface area contributed by atoms with E-state index in [0.717, 1.165) is 33.4 Å². The van der Waals surface area contributed by atoms with Crippen molar-refractivity contribution >= 4 is 11.4 Å². The first-order valence-electron chi connectivity index (χ1n) is 13.9. The number of nitrogens with zero attached hydrogens (tertiary/aromatic N) is 2. The van der Waals surface area contributed by atoms with Gasteiger partial charge in [0.1, 0.15) is 31.2 Å². The Morgan fingerprint density at radius 3 is 1.83 bits per heavy atom. The number of ether oxygens (including phenoxy) is 1. The highest BCUT2D eigenvalue weighted by atomic mass is 19.4. The summed E-state index contributed by atoms with van der Waals surface area (Å²) in [6.07, 6.45) is -6.28. The molecule has 11 heteroatoms. The molecule has 3 aliphatic rings. The number of rotatable bonds is 6. The van der Waals surface area contributed by atoms with Crippen molar-refractivity contribution in [3.63, 3.8) is 0 Å². The lowest BCUT2D eigenvalue weighted by atomic mass is 9.79. The van der Waals surface area contributed by atoms with Crippen molar-refractivity contribution in [3.05, 3.63) is 81.9 Å². The number of alkyl halides is 6. The summed E-state index contributed by atoms with van der Waals surface area (Å²) in [4.78, 5) is 12.6. The van der Waals surface area contributed by atoms with Crippen molar-refractivity contribution in [3.8, 4) is 11.5 Å². The maximum atomic E-state index is 13.4. The fourth-order valence-corrected chi connectivity index (χ4v) is 6.44. The second-order valence-electron chi connectivity index (χ2n) is 11.0. The van der Waals surface area contributed by atoms with Crippen LogP contribution in [0.2, 0.25) is 0 Å². The molecule has 224 valence electrons. The molecule has 0 atom stereocenters. The van der Waals surface area contributed by atoms with Gasteiger partial charge in [0.05, 0.1) is 7.11 Å². The van der Waals surface area contributed by atoms with Gasteiger partial charge in [-0.05, 0) is 60.1 Å². The Hall–Kier alpha value is -3.44. The smallest absolute Gasteiger partial charge is 0.405 e. The number of benzene rings is 3. The van der Waals surface area contributed by atoms with E-state index < -0.39 is 25.4 Å². The van der Waals surface area contributed by atoms with Crippen molar-refractivity contribution in [2.24, 2.45) is 0 Å². The normalized spacial score (nSPS) is 16.8. The molecule has 0 spiro atoms. The molecule has 0 fully saturated rings. The quantitative estimate of drug-likeness (QED) is 0.130. The summed E-state index contributed by atoms with van der Waals surface area (Å²) in [5.41, 5.74) is 5.95. The van der Waals surface area contributed by atoms with Crippen LogP contribution in [0, 0.1) is 0 Å². The Morgan fingerprint density at radius 2 is 1.33 bits per heavy atom. The first-order chi connectivity index (χ1) is 20.0. The largest absolute Gasteiger partial charge is 0.457 e. The SMILES string of the molecule is COOCc1cccc(C2c3cc4c(cc3Oc3cc5c(cc32)CCCN5CC(F)(F)F)N(CC(F)(F)F)CCC4)c1. The number of fused-ring (bicyclic) bond motifs is 4. The predicted octanol–water partition coefficient (Wildman–Crippen LogP) is 7.68. The van der Waals surface area contributed by atoms with E-state index in [-0.39, 0.29) is 25.6 Å². The molecule has 0 aliphatic carbocycles. The van der Waals surface area contributed by atoms with Gasteiger partial charge in [-0.2, -0.15) is 26.3 Å². The van der Waals surface area contributed by atoms with Crippen LogP contribution in [0.1, 0.15) is 52.1 Å². The lowest BCUT2D eigenvalue weighted by molar-refractivity contribution is -0.282. The maximum Gasteiger partial charge on any atom is 0.405 e. The van der Waals surface area contributed by atoms with Gasteiger partial charge in [0, 0.05) is 53.6 Å². The predicted molar refractivity (Wildman–Crippen MR) is 145 cm³/mol. The van der Waals surface area contributed by atoms with Crippen molar-refractivity contribution < 1.29 is 40.9 Å². The Kier molecular flexibility index (Phi) is 7.51. The molecule has 0 saturated heterocycles. The van der Waals surface area contributed by atoms with Crippen LogP contribution in [0.4, 0.5) is 37.7 Å². The first-order valence-corrected chi connectivity index (χ1v) is 13.9. The Balaban J connectivity index is 1.49.